The van der Waals surface area contributed by atoms with Crippen LogP contribution in [0.4, 0.5) is 0 Å². The maximum absolute atomic E-state index is 14.6. The molecule has 398 valence electrons. The number of hydrogen-bond acceptors (Lipinski definition) is 10. The fourth-order valence-corrected chi connectivity index (χ4v) is 9.89. The van der Waals surface area contributed by atoms with E-state index in [0.29, 0.717) is 38.9 Å². The Morgan fingerprint density at radius 3 is 2.01 bits per heavy atom. The summed E-state index contributed by atoms with van der Waals surface area (Å²) in [6.07, 6.45) is 7.19. The Kier molecular flexibility index (Phi) is 20.8. The van der Waals surface area contributed by atoms with Crippen LogP contribution in [0.1, 0.15) is 158 Å². The van der Waals surface area contributed by atoms with Gasteiger partial charge in [0, 0.05) is 55.4 Å². The molecule has 2 heterocycles. The van der Waals surface area contributed by atoms with Gasteiger partial charge in [-0.1, -0.05) is 71.9 Å². The van der Waals surface area contributed by atoms with Gasteiger partial charge in [-0.3, -0.25) is 33.6 Å². The Morgan fingerprint density at radius 2 is 1.36 bits per heavy atom. The average Bonchev–Trinajstić information content (AvgIpc) is 3.79. The van der Waals surface area contributed by atoms with Crippen LogP contribution in [0, 0.1) is 10.8 Å². The van der Waals surface area contributed by atoms with Gasteiger partial charge in [0.15, 0.2) is 0 Å². The summed E-state index contributed by atoms with van der Waals surface area (Å²) in [7, 11) is 3.55. The lowest BCUT2D eigenvalue weighted by molar-refractivity contribution is -0.144. The van der Waals surface area contributed by atoms with E-state index in [1.807, 2.05) is 78.6 Å². The summed E-state index contributed by atoms with van der Waals surface area (Å²) in [5.74, 6) is -2.23. The molecule has 0 bridgehead atoms. The third-order valence-electron chi connectivity index (χ3n) is 14.8. The van der Waals surface area contributed by atoms with E-state index in [2.05, 4.69) is 55.5 Å². The lowest BCUT2D eigenvalue weighted by Gasteiger charge is -2.36. The zero-order chi connectivity index (χ0) is 52.9. The first kappa shape index (κ1) is 57.5. The van der Waals surface area contributed by atoms with Crippen LogP contribution in [0.2, 0.25) is 0 Å². The molecule has 2 aliphatic heterocycles. The molecule has 7 amide bonds. The number of nitrogens with one attached hydrogen (secondary N) is 8. The number of unbranched alkanes of at least 4 members (excludes halogenated alkanes) is 1. The van der Waals surface area contributed by atoms with Crippen molar-refractivity contribution >= 4 is 41.4 Å². The van der Waals surface area contributed by atoms with E-state index in [1.165, 1.54) is 16.5 Å². The SMILES string of the molecule is CN[C@@H](C)C(=O)NC(C(=O)N1C[C@@H](NC(=O)c2cccc(C(=O)NCCCC[C@H](NC(=O)C(NC(C)[C@H](C)NC)C(C)(C)C)C(=O)N3CCCCC3)c2)C[C@H]1C(=O)N[C@@H]1CCCc2ccccc21)C(C)(C)C. The smallest absolute Gasteiger partial charge is 0.251 e. The standard InChI is InChI=1S/C55H86N10O7/c1-34(56-10)35(2)59-45(54(4,5)6)51(70)62-43(52(71)64-29-17-12-18-30-64)26-15-16-28-58-48(67)38-23-19-24-39(31-38)49(68)60-40-32-44(50(69)61-42-27-20-22-37-21-13-14-25-41(37)42)65(33-40)53(72)46(55(7,8)9)63-47(66)36(3)57-11/h13-14,19,21,23-25,31,34-36,40,42-46,56-57,59H,12,15-18,20,22,26-30,32-33H2,1-11H3,(H,58,67)(H,60,68)(H,61,69)(H,62,70)(H,63,66)/t34-,35?,36-,40-,42+,43-,44-,45?,46?/m0/s1. The second kappa shape index (κ2) is 26.0. The zero-order valence-electron chi connectivity index (χ0n) is 45.0. The van der Waals surface area contributed by atoms with Crippen molar-refractivity contribution in [2.24, 2.45) is 10.8 Å². The van der Waals surface area contributed by atoms with Crippen molar-refractivity contribution in [1.29, 1.82) is 0 Å². The molecule has 2 aromatic carbocycles. The van der Waals surface area contributed by atoms with E-state index in [-0.39, 0.29) is 71.8 Å². The monoisotopic (exact) mass is 999 g/mol. The maximum Gasteiger partial charge on any atom is 0.251 e. The predicted molar refractivity (Wildman–Crippen MR) is 281 cm³/mol. The van der Waals surface area contributed by atoms with E-state index >= 15 is 0 Å². The summed E-state index contributed by atoms with van der Waals surface area (Å²) < 4.78 is 0. The Morgan fingerprint density at radius 1 is 0.694 bits per heavy atom. The first-order valence-electron chi connectivity index (χ1n) is 26.4. The average molecular weight is 999 g/mol. The number of amides is 7. The lowest BCUT2D eigenvalue weighted by atomic mass is 9.85. The second-order valence-electron chi connectivity index (χ2n) is 22.5. The molecule has 3 aliphatic rings. The Bertz CT molecular complexity index is 2200. The number of carbonyl (C=O) groups excluding carboxylic acids is 7. The largest absolute Gasteiger partial charge is 0.352 e. The van der Waals surface area contributed by atoms with E-state index in [4.69, 9.17) is 0 Å². The fourth-order valence-electron chi connectivity index (χ4n) is 9.89. The van der Waals surface area contributed by atoms with Crippen LogP contribution in [-0.2, 0) is 30.4 Å². The highest BCUT2D eigenvalue weighted by atomic mass is 16.2. The number of rotatable bonds is 21. The number of hydrogen-bond donors (Lipinski definition) is 8. The topological polar surface area (TPSA) is 222 Å². The molecule has 9 atom stereocenters. The Balaban J connectivity index is 1.23. The van der Waals surface area contributed by atoms with Gasteiger partial charge in [-0.15, -0.1) is 0 Å². The van der Waals surface area contributed by atoms with Crippen LogP contribution in [-0.4, -0.2) is 140 Å². The van der Waals surface area contributed by atoms with Crippen LogP contribution in [0.5, 0.6) is 0 Å². The van der Waals surface area contributed by atoms with Gasteiger partial charge in [-0.2, -0.15) is 0 Å². The molecule has 8 N–H and O–H groups in total. The number of nitrogens with zero attached hydrogens (tertiary/aromatic N) is 2. The van der Waals surface area contributed by atoms with Crippen molar-refractivity contribution in [1.82, 2.24) is 52.3 Å². The molecule has 0 spiro atoms. The summed E-state index contributed by atoms with van der Waals surface area (Å²) >= 11 is 0. The molecule has 17 nitrogen and oxygen atoms in total. The van der Waals surface area contributed by atoms with Crippen LogP contribution in [0.15, 0.2) is 48.5 Å². The number of fused-ring (bicyclic) bond motifs is 1. The molecule has 2 saturated heterocycles. The Hall–Kier alpha value is -5.39. The number of benzene rings is 2. The molecule has 2 aromatic rings. The highest BCUT2D eigenvalue weighted by Gasteiger charge is 2.46. The van der Waals surface area contributed by atoms with E-state index in [1.54, 1.807) is 32.2 Å². The van der Waals surface area contributed by atoms with E-state index < -0.39 is 58.9 Å². The van der Waals surface area contributed by atoms with Gasteiger partial charge in [0.2, 0.25) is 29.5 Å². The molecule has 17 heteroatoms. The second-order valence-corrected chi connectivity index (χ2v) is 22.5. The van der Waals surface area contributed by atoms with Crippen LogP contribution in [0.3, 0.4) is 0 Å². The first-order valence-corrected chi connectivity index (χ1v) is 26.4. The van der Waals surface area contributed by atoms with Crippen molar-refractivity contribution in [2.45, 2.75) is 181 Å². The molecular formula is C55H86N10O7. The van der Waals surface area contributed by atoms with Crippen LogP contribution in [0.25, 0.3) is 0 Å². The van der Waals surface area contributed by atoms with Gasteiger partial charge in [0.25, 0.3) is 11.8 Å². The number of aryl methyl sites for hydroxylation is 1. The summed E-state index contributed by atoms with van der Waals surface area (Å²) in [5, 5.41) is 24.9. The highest BCUT2D eigenvalue weighted by molar-refractivity contribution is 6.00. The molecule has 2 fully saturated rings. The summed E-state index contributed by atoms with van der Waals surface area (Å²) in [4.78, 5) is 101. The van der Waals surface area contributed by atoms with Crippen molar-refractivity contribution in [2.75, 3.05) is 40.3 Å². The number of piperidine rings is 1. The normalized spacial score (nSPS) is 20.7. The summed E-state index contributed by atoms with van der Waals surface area (Å²) in [6, 6.07) is 10.0. The predicted octanol–water partition coefficient (Wildman–Crippen LogP) is 4.12. The van der Waals surface area contributed by atoms with Crippen molar-refractivity contribution in [3.8, 4) is 0 Å². The van der Waals surface area contributed by atoms with Gasteiger partial charge in [0.1, 0.15) is 18.1 Å². The molecule has 72 heavy (non-hydrogen) atoms. The minimum atomic E-state index is -0.962. The quantitative estimate of drug-likeness (QED) is 0.0837. The number of likely N-dealkylation sites (N-methyl/N-ethyl adjacent to an activating group) is 2. The molecule has 5 rings (SSSR count). The fraction of sp³-hybridized carbons (Fsp3) is 0.655. The van der Waals surface area contributed by atoms with E-state index in [9.17, 15) is 33.6 Å². The van der Waals surface area contributed by atoms with Gasteiger partial charge < -0.3 is 52.3 Å². The Labute approximate surface area is 428 Å². The van der Waals surface area contributed by atoms with E-state index in [0.717, 1.165) is 44.1 Å². The zero-order valence-corrected chi connectivity index (χ0v) is 45.0. The molecule has 3 unspecified atom stereocenters. The third kappa shape index (κ3) is 15.6. The number of carbonyl (C=O) groups is 7. The van der Waals surface area contributed by atoms with Gasteiger partial charge in [-0.25, -0.2) is 0 Å². The molecule has 0 aromatic heterocycles. The van der Waals surface area contributed by atoms with Crippen LogP contribution >= 0.6 is 0 Å². The molecular weight excluding hydrogens is 913 g/mol. The highest BCUT2D eigenvalue weighted by Crippen LogP contribution is 2.32. The minimum absolute atomic E-state index is 0.00449. The van der Waals surface area contributed by atoms with Crippen molar-refractivity contribution in [3.05, 3.63) is 70.8 Å². The van der Waals surface area contributed by atoms with Crippen molar-refractivity contribution < 1.29 is 33.6 Å². The number of likely N-dealkylation sites (tertiary alicyclic amines) is 2. The molecule has 0 saturated carbocycles. The maximum atomic E-state index is 14.6. The summed E-state index contributed by atoms with van der Waals surface area (Å²) in [5.41, 5.74) is 1.62. The van der Waals surface area contributed by atoms with Crippen LogP contribution < -0.4 is 42.5 Å². The van der Waals surface area contributed by atoms with Gasteiger partial charge in [-0.05, 0) is 139 Å². The van der Waals surface area contributed by atoms with Gasteiger partial charge in [0.05, 0.1) is 18.1 Å². The lowest BCUT2D eigenvalue weighted by Crippen LogP contribution is -2.60. The van der Waals surface area contributed by atoms with Crippen molar-refractivity contribution in [3.63, 3.8) is 0 Å². The first-order chi connectivity index (χ1) is 34.0. The molecule has 1 aliphatic carbocycles. The minimum Gasteiger partial charge on any atom is -0.352 e. The van der Waals surface area contributed by atoms with Gasteiger partial charge >= 0.3 is 0 Å². The third-order valence-corrected chi connectivity index (χ3v) is 14.8. The molecule has 0 radical (unpaired) electrons. The summed E-state index contributed by atoms with van der Waals surface area (Å²) in [6.45, 7) is 19.1.